The predicted octanol–water partition coefficient (Wildman–Crippen LogP) is 3.01. The molecule has 4 rings (SSSR count). The van der Waals surface area contributed by atoms with E-state index in [4.69, 9.17) is 0 Å². The van der Waals surface area contributed by atoms with Crippen molar-refractivity contribution in [3.05, 3.63) is 28.2 Å². The topological polar surface area (TPSA) is 78.5 Å². The molecule has 5 unspecified atom stereocenters. The molecule has 1 aromatic carbocycles. The Morgan fingerprint density at radius 2 is 1.89 bits per heavy atom. The zero-order chi connectivity index (χ0) is 20.4. The van der Waals surface area contributed by atoms with E-state index in [-0.39, 0.29) is 29.8 Å². The number of fused-ring (bicyclic) bond motifs is 4. The van der Waals surface area contributed by atoms with E-state index in [1.807, 2.05) is 32.0 Å². The Morgan fingerprint density at radius 1 is 1.18 bits per heavy atom. The number of likely N-dealkylation sites (tertiary alicyclic amines) is 1. The molecule has 6 nitrogen and oxygen atoms in total. The van der Waals surface area contributed by atoms with Crippen LogP contribution in [0.25, 0.3) is 0 Å². The number of carbonyl (C=O) groups is 3. The molecule has 3 aliphatic rings. The normalized spacial score (nSPS) is 32.3. The highest BCUT2D eigenvalue weighted by molar-refractivity contribution is 9.10. The second-order valence-corrected chi connectivity index (χ2v) is 9.56. The minimum absolute atomic E-state index is 0.143. The standard InChI is InChI=1S/C21H26BrN3O3/c1-5-11(4)25-18(26)16-15(8-10(2)3)24-21(17(16)19(25)27)13-9-12(22)6-7-14(13)23-20(21)28/h6-7,9-11,15-17,24H,5,8H2,1-4H3,(H,23,28). The molecule has 2 N–H and O–H groups in total. The molecule has 2 fully saturated rings. The SMILES string of the molecule is CCC(C)N1C(=O)C2C(CC(C)C)NC3(C(=O)Nc4ccc(Br)cc43)C2C1=O. The quantitative estimate of drug-likeness (QED) is 0.695. The van der Waals surface area contributed by atoms with Gasteiger partial charge in [-0.15, -0.1) is 0 Å². The molecule has 3 amide bonds. The van der Waals surface area contributed by atoms with Crippen LogP contribution < -0.4 is 10.6 Å². The number of hydrogen-bond acceptors (Lipinski definition) is 4. The van der Waals surface area contributed by atoms with Crippen LogP contribution in [-0.2, 0) is 19.9 Å². The predicted molar refractivity (Wildman–Crippen MR) is 109 cm³/mol. The lowest BCUT2D eigenvalue weighted by Gasteiger charge is -2.31. The van der Waals surface area contributed by atoms with Crippen molar-refractivity contribution in [2.75, 3.05) is 5.32 Å². The average Bonchev–Trinajstić information content (AvgIpc) is 3.20. The van der Waals surface area contributed by atoms with Gasteiger partial charge in [0.25, 0.3) is 0 Å². The van der Waals surface area contributed by atoms with Gasteiger partial charge in [0.1, 0.15) is 5.54 Å². The third-order valence-corrected chi connectivity index (χ3v) is 6.96. The lowest BCUT2D eigenvalue weighted by molar-refractivity contribution is -0.145. The lowest BCUT2D eigenvalue weighted by Crippen LogP contribution is -2.54. The maximum Gasteiger partial charge on any atom is 0.250 e. The average molecular weight is 448 g/mol. The molecule has 0 aliphatic carbocycles. The number of amides is 3. The van der Waals surface area contributed by atoms with E-state index in [1.54, 1.807) is 0 Å². The number of rotatable bonds is 4. The minimum atomic E-state index is -1.20. The number of nitrogens with zero attached hydrogens (tertiary/aromatic N) is 1. The molecule has 3 aliphatic heterocycles. The highest BCUT2D eigenvalue weighted by Gasteiger charge is 2.70. The monoisotopic (exact) mass is 447 g/mol. The number of anilines is 1. The molecule has 1 spiro atoms. The lowest BCUT2D eigenvalue weighted by atomic mass is 9.76. The van der Waals surface area contributed by atoms with Gasteiger partial charge in [0.2, 0.25) is 17.7 Å². The van der Waals surface area contributed by atoms with Crippen molar-refractivity contribution < 1.29 is 14.4 Å². The van der Waals surface area contributed by atoms with E-state index in [0.29, 0.717) is 18.0 Å². The van der Waals surface area contributed by atoms with Crippen molar-refractivity contribution in [3.8, 4) is 0 Å². The van der Waals surface area contributed by atoms with Crippen LogP contribution >= 0.6 is 15.9 Å². The number of carbonyl (C=O) groups excluding carboxylic acids is 3. The molecule has 3 heterocycles. The van der Waals surface area contributed by atoms with Crippen molar-refractivity contribution in [2.45, 2.75) is 58.2 Å². The maximum absolute atomic E-state index is 13.5. The van der Waals surface area contributed by atoms with Gasteiger partial charge < -0.3 is 5.32 Å². The van der Waals surface area contributed by atoms with Gasteiger partial charge in [0.15, 0.2) is 0 Å². The summed E-state index contributed by atoms with van der Waals surface area (Å²) in [4.78, 5) is 41.5. The minimum Gasteiger partial charge on any atom is -0.324 e. The van der Waals surface area contributed by atoms with Crippen LogP contribution in [0, 0.1) is 17.8 Å². The summed E-state index contributed by atoms with van der Waals surface area (Å²) >= 11 is 3.49. The fraction of sp³-hybridized carbons (Fsp3) is 0.571. The largest absolute Gasteiger partial charge is 0.324 e. The summed E-state index contributed by atoms with van der Waals surface area (Å²) in [6.07, 6.45) is 1.42. The highest BCUT2D eigenvalue weighted by atomic mass is 79.9. The van der Waals surface area contributed by atoms with Crippen molar-refractivity contribution in [3.63, 3.8) is 0 Å². The summed E-state index contributed by atoms with van der Waals surface area (Å²) in [7, 11) is 0. The number of halogens is 1. The zero-order valence-electron chi connectivity index (χ0n) is 16.6. The van der Waals surface area contributed by atoms with Crippen LogP contribution in [0.1, 0.15) is 46.1 Å². The van der Waals surface area contributed by atoms with Gasteiger partial charge in [0.05, 0.1) is 11.8 Å². The third-order valence-electron chi connectivity index (χ3n) is 6.47. The Hall–Kier alpha value is -1.73. The Kier molecular flexibility index (Phi) is 4.66. The zero-order valence-corrected chi connectivity index (χ0v) is 18.2. The Bertz CT molecular complexity index is 870. The number of imide groups is 1. The van der Waals surface area contributed by atoms with Crippen LogP contribution in [0.5, 0.6) is 0 Å². The maximum atomic E-state index is 13.5. The number of nitrogens with one attached hydrogen (secondary N) is 2. The van der Waals surface area contributed by atoms with Crippen molar-refractivity contribution in [1.82, 2.24) is 10.2 Å². The summed E-state index contributed by atoms with van der Waals surface area (Å²) in [5.74, 6) is -1.51. The molecular formula is C21H26BrN3O3. The second kappa shape index (κ2) is 6.66. The third kappa shape index (κ3) is 2.52. The van der Waals surface area contributed by atoms with Gasteiger partial charge in [-0.05, 0) is 43.9 Å². The van der Waals surface area contributed by atoms with Crippen LogP contribution in [-0.4, -0.2) is 34.7 Å². The van der Waals surface area contributed by atoms with Crippen LogP contribution in [0.15, 0.2) is 22.7 Å². The number of hydrogen-bond donors (Lipinski definition) is 2. The molecule has 1 aromatic rings. The van der Waals surface area contributed by atoms with Gasteiger partial charge in [-0.3, -0.25) is 24.6 Å². The van der Waals surface area contributed by atoms with Crippen molar-refractivity contribution in [1.29, 1.82) is 0 Å². The first-order valence-electron chi connectivity index (χ1n) is 9.98. The molecule has 0 saturated carbocycles. The summed E-state index contributed by atoms with van der Waals surface area (Å²) in [6.45, 7) is 8.05. The van der Waals surface area contributed by atoms with E-state index >= 15 is 0 Å². The van der Waals surface area contributed by atoms with E-state index in [0.717, 1.165) is 16.5 Å². The Balaban J connectivity index is 1.89. The van der Waals surface area contributed by atoms with Gasteiger partial charge in [0, 0.05) is 27.8 Å². The molecule has 5 atom stereocenters. The fourth-order valence-corrected chi connectivity index (χ4v) is 5.48. The molecule has 28 heavy (non-hydrogen) atoms. The first-order valence-corrected chi connectivity index (χ1v) is 10.8. The van der Waals surface area contributed by atoms with E-state index in [1.165, 1.54) is 4.90 Å². The van der Waals surface area contributed by atoms with Crippen LogP contribution in [0.4, 0.5) is 5.69 Å². The van der Waals surface area contributed by atoms with Gasteiger partial charge in [-0.25, -0.2) is 0 Å². The van der Waals surface area contributed by atoms with Gasteiger partial charge in [-0.1, -0.05) is 36.7 Å². The van der Waals surface area contributed by atoms with Crippen LogP contribution in [0.3, 0.4) is 0 Å². The van der Waals surface area contributed by atoms with Gasteiger partial charge in [-0.2, -0.15) is 0 Å². The first kappa shape index (κ1) is 19.6. The van der Waals surface area contributed by atoms with E-state index in [2.05, 4.69) is 40.4 Å². The van der Waals surface area contributed by atoms with Gasteiger partial charge >= 0.3 is 0 Å². The Morgan fingerprint density at radius 3 is 2.54 bits per heavy atom. The molecule has 2 saturated heterocycles. The smallest absolute Gasteiger partial charge is 0.250 e. The molecular weight excluding hydrogens is 422 g/mol. The molecule has 0 radical (unpaired) electrons. The molecule has 7 heteroatoms. The number of benzene rings is 1. The second-order valence-electron chi connectivity index (χ2n) is 8.64. The van der Waals surface area contributed by atoms with E-state index in [9.17, 15) is 14.4 Å². The van der Waals surface area contributed by atoms with Crippen molar-refractivity contribution >= 4 is 39.3 Å². The summed E-state index contributed by atoms with van der Waals surface area (Å²) in [6, 6.07) is 5.20. The Labute approximate surface area is 173 Å². The molecule has 0 aromatic heterocycles. The van der Waals surface area contributed by atoms with Crippen molar-refractivity contribution in [2.24, 2.45) is 17.8 Å². The van der Waals surface area contributed by atoms with Crippen LogP contribution in [0.2, 0.25) is 0 Å². The summed E-state index contributed by atoms with van der Waals surface area (Å²) < 4.78 is 0.836. The summed E-state index contributed by atoms with van der Waals surface area (Å²) in [5.41, 5.74) is 0.255. The highest BCUT2D eigenvalue weighted by Crippen LogP contribution is 2.54. The van der Waals surface area contributed by atoms with E-state index < -0.39 is 17.4 Å². The first-order chi connectivity index (χ1) is 13.2. The molecule has 0 bridgehead atoms. The summed E-state index contributed by atoms with van der Waals surface area (Å²) in [5, 5.41) is 6.40. The fourth-order valence-electron chi connectivity index (χ4n) is 5.12. The molecule has 150 valence electrons.